The largest absolute Gasteiger partial charge is 0.343 e. The molecule has 3 rings (SSSR count). The lowest BCUT2D eigenvalue weighted by Gasteiger charge is -2.45. The van der Waals surface area contributed by atoms with E-state index in [1.165, 1.54) is 9.75 Å². The fraction of sp³-hybridized carbons (Fsp3) is 0.625. The Balaban J connectivity index is 1.90. The van der Waals surface area contributed by atoms with Crippen LogP contribution in [0, 0.1) is 0 Å². The van der Waals surface area contributed by atoms with Crippen molar-refractivity contribution in [1.29, 1.82) is 0 Å². The Kier molecular flexibility index (Phi) is 3.78. The molecule has 0 bridgehead atoms. The number of aryl methyl sites for hydroxylation is 1. The molecule has 2 fully saturated rings. The lowest BCUT2D eigenvalue weighted by molar-refractivity contribution is -0.157. The first-order valence-corrected chi connectivity index (χ1v) is 8.58. The van der Waals surface area contributed by atoms with Gasteiger partial charge in [0, 0.05) is 9.75 Å². The molecule has 1 saturated carbocycles. The van der Waals surface area contributed by atoms with E-state index in [1.54, 1.807) is 18.3 Å². The van der Waals surface area contributed by atoms with Crippen LogP contribution in [0.25, 0.3) is 0 Å². The summed E-state index contributed by atoms with van der Waals surface area (Å²) in [5.41, 5.74) is -0.597. The van der Waals surface area contributed by atoms with E-state index in [-0.39, 0.29) is 11.8 Å². The molecule has 1 N–H and O–H groups in total. The second kappa shape index (κ2) is 5.44. The van der Waals surface area contributed by atoms with Crippen molar-refractivity contribution in [3.05, 3.63) is 21.9 Å². The van der Waals surface area contributed by atoms with Gasteiger partial charge in [0.1, 0.15) is 11.6 Å². The number of piperazine rings is 1. The van der Waals surface area contributed by atoms with Crippen LogP contribution in [0.5, 0.6) is 0 Å². The van der Waals surface area contributed by atoms with Gasteiger partial charge in [-0.1, -0.05) is 19.8 Å². The highest BCUT2D eigenvalue weighted by Crippen LogP contribution is 2.39. The number of amides is 2. The van der Waals surface area contributed by atoms with Crippen molar-refractivity contribution in [3.63, 3.8) is 0 Å². The number of rotatable bonds is 3. The van der Waals surface area contributed by atoms with Gasteiger partial charge in [-0.25, -0.2) is 0 Å². The number of hydrogen-bond donors (Lipinski definition) is 1. The lowest BCUT2D eigenvalue weighted by atomic mass is 9.89. The van der Waals surface area contributed by atoms with Crippen molar-refractivity contribution in [2.24, 2.45) is 0 Å². The first-order chi connectivity index (χ1) is 10.1. The Morgan fingerprint density at radius 1 is 1.29 bits per heavy atom. The molecule has 1 saturated heterocycles. The quantitative estimate of drug-likeness (QED) is 0.932. The topological polar surface area (TPSA) is 49.4 Å². The fourth-order valence-electron chi connectivity index (χ4n) is 3.50. The Morgan fingerprint density at radius 2 is 1.95 bits per heavy atom. The maximum Gasteiger partial charge on any atom is 0.246 e. The third-order valence-corrected chi connectivity index (χ3v) is 5.95. The molecular formula is C16H22N2O2S. The number of hydrogen-bond acceptors (Lipinski definition) is 3. The van der Waals surface area contributed by atoms with Gasteiger partial charge in [0.2, 0.25) is 11.8 Å². The summed E-state index contributed by atoms with van der Waals surface area (Å²) in [5.74, 6) is 0.0994. The summed E-state index contributed by atoms with van der Waals surface area (Å²) < 4.78 is 0. The summed E-state index contributed by atoms with van der Waals surface area (Å²) in [6.07, 6.45) is 4.65. The molecule has 1 aliphatic carbocycles. The summed E-state index contributed by atoms with van der Waals surface area (Å²) in [7, 11) is 0. The van der Waals surface area contributed by atoms with Crippen LogP contribution in [0.4, 0.5) is 0 Å². The van der Waals surface area contributed by atoms with Crippen molar-refractivity contribution in [1.82, 2.24) is 10.2 Å². The van der Waals surface area contributed by atoms with Crippen LogP contribution >= 0.6 is 11.3 Å². The highest BCUT2D eigenvalue weighted by molar-refractivity contribution is 7.11. The summed E-state index contributed by atoms with van der Waals surface area (Å²) in [6.45, 7) is 4.48. The molecule has 2 amide bonds. The molecule has 1 spiro atoms. The van der Waals surface area contributed by atoms with Crippen molar-refractivity contribution < 1.29 is 9.59 Å². The molecule has 1 aromatic rings. The van der Waals surface area contributed by atoms with Crippen LogP contribution in [-0.2, 0) is 22.6 Å². The Hall–Kier alpha value is -1.36. The van der Waals surface area contributed by atoms with Crippen molar-refractivity contribution >= 4 is 23.2 Å². The molecule has 1 aromatic heterocycles. The number of thiophene rings is 1. The van der Waals surface area contributed by atoms with E-state index in [4.69, 9.17) is 0 Å². The fourth-order valence-corrected chi connectivity index (χ4v) is 4.45. The minimum absolute atomic E-state index is 0.0411. The molecule has 21 heavy (non-hydrogen) atoms. The van der Waals surface area contributed by atoms with Crippen molar-refractivity contribution in [2.75, 3.05) is 0 Å². The molecule has 1 aliphatic heterocycles. The van der Waals surface area contributed by atoms with E-state index in [0.29, 0.717) is 6.54 Å². The average Bonchev–Trinajstić information content (AvgIpc) is 3.12. The molecule has 0 radical (unpaired) electrons. The number of nitrogens with one attached hydrogen (secondary N) is 1. The van der Waals surface area contributed by atoms with Crippen LogP contribution in [0.15, 0.2) is 12.1 Å². The highest BCUT2D eigenvalue weighted by Gasteiger charge is 2.52. The molecule has 2 aliphatic rings. The van der Waals surface area contributed by atoms with E-state index in [9.17, 15) is 9.59 Å². The van der Waals surface area contributed by atoms with Crippen LogP contribution < -0.4 is 5.32 Å². The zero-order valence-electron chi connectivity index (χ0n) is 12.6. The maximum atomic E-state index is 12.6. The Labute approximate surface area is 129 Å². The van der Waals surface area contributed by atoms with E-state index in [2.05, 4.69) is 24.4 Å². The normalized spacial score (nSPS) is 24.7. The van der Waals surface area contributed by atoms with Gasteiger partial charge in [-0.05, 0) is 38.3 Å². The van der Waals surface area contributed by atoms with E-state index < -0.39 is 11.6 Å². The van der Waals surface area contributed by atoms with Crippen molar-refractivity contribution in [2.45, 2.75) is 64.1 Å². The summed E-state index contributed by atoms with van der Waals surface area (Å²) in [4.78, 5) is 29.5. The summed E-state index contributed by atoms with van der Waals surface area (Å²) in [6, 6.07) is 3.81. The van der Waals surface area contributed by atoms with E-state index in [1.807, 2.05) is 4.90 Å². The van der Waals surface area contributed by atoms with Gasteiger partial charge in [0.15, 0.2) is 0 Å². The van der Waals surface area contributed by atoms with Gasteiger partial charge >= 0.3 is 0 Å². The third-order valence-electron chi connectivity index (χ3n) is 4.73. The average molecular weight is 306 g/mol. The van der Waals surface area contributed by atoms with Crippen LogP contribution in [-0.4, -0.2) is 28.3 Å². The number of nitrogens with zero attached hydrogens (tertiary/aromatic N) is 1. The molecule has 5 heteroatoms. The second-order valence-electron chi connectivity index (χ2n) is 6.08. The molecule has 114 valence electrons. The smallest absolute Gasteiger partial charge is 0.246 e. The van der Waals surface area contributed by atoms with E-state index in [0.717, 1.165) is 32.1 Å². The van der Waals surface area contributed by atoms with Crippen LogP contribution in [0.1, 0.15) is 49.3 Å². The Morgan fingerprint density at radius 3 is 2.57 bits per heavy atom. The Bertz CT molecular complexity index is 560. The molecule has 0 aromatic carbocycles. The highest BCUT2D eigenvalue weighted by atomic mass is 32.1. The molecule has 2 heterocycles. The predicted molar refractivity (Wildman–Crippen MR) is 83.1 cm³/mol. The van der Waals surface area contributed by atoms with Gasteiger partial charge in [0.25, 0.3) is 0 Å². The van der Waals surface area contributed by atoms with Crippen molar-refractivity contribution in [3.8, 4) is 0 Å². The first-order valence-electron chi connectivity index (χ1n) is 7.77. The standard InChI is InChI=1S/C16H22N2O2S/c1-3-12-6-7-13(21-12)10-18-14(19)11(2)17-15(20)16(18)8-4-5-9-16/h6-7,11H,3-5,8-10H2,1-2H3,(H,17,20). The number of carbonyl (C=O) groups excluding carboxylic acids is 2. The molecule has 1 unspecified atom stereocenters. The van der Waals surface area contributed by atoms with Gasteiger partial charge in [-0.2, -0.15) is 0 Å². The minimum atomic E-state index is -0.597. The lowest BCUT2D eigenvalue weighted by Crippen LogP contribution is -2.68. The third kappa shape index (κ3) is 2.37. The predicted octanol–water partition coefficient (Wildman–Crippen LogP) is 2.47. The zero-order valence-corrected chi connectivity index (χ0v) is 13.5. The van der Waals surface area contributed by atoms with Gasteiger partial charge in [0.05, 0.1) is 6.54 Å². The summed E-state index contributed by atoms with van der Waals surface area (Å²) in [5, 5.41) is 2.87. The van der Waals surface area contributed by atoms with Gasteiger partial charge in [-0.15, -0.1) is 11.3 Å². The van der Waals surface area contributed by atoms with E-state index >= 15 is 0 Å². The monoisotopic (exact) mass is 306 g/mol. The second-order valence-corrected chi connectivity index (χ2v) is 7.33. The summed E-state index contributed by atoms with van der Waals surface area (Å²) >= 11 is 1.75. The van der Waals surface area contributed by atoms with Crippen LogP contribution in [0.3, 0.4) is 0 Å². The molecular weight excluding hydrogens is 284 g/mol. The van der Waals surface area contributed by atoms with Crippen LogP contribution in [0.2, 0.25) is 0 Å². The molecule has 4 nitrogen and oxygen atoms in total. The molecule has 1 atom stereocenters. The maximum absolute atomic E-state index is 12.6. The minimum Gasteiger partial charge on any atom is -0.343 e. The number of carbonyl (C=O) groups is 2. The van der Waals surface area contributed by atoms with Gasteiger partial charge < -0.3 is 10.2 Å². The SMILES string of the molecule is CCc1ccc(CN2C(=O)C(C)NC(=O)C23CCCC3)s1. The first kappa shape index (κ1) is 14.6. The van der Waals surface area contributed by atoms with Gasteiger partial charge in [-0.3, -0.25) is 9.59 Å². The zero-order chi connectivity index (χ0) is 15.0.